The maximum absolute atomic E-state index is 13.6. The van der Waals surface area contributed by atoms with E-state index >= 15 is 0 Å². The lowest BCUT2D eigenvalue weighted by Crippen LogP contribution is -2.13. The molecule has 7 rings (SSSR count). The molecule has 0 unspecified atom stereocenters. The lowest BCUT2D eigenvalue weighted by Gasteiger charge is -2.15. The first kappa shape index (κ1) is 16.8. The van der Waals surface area contributed by atoms with Crippen LogP contribution in [-0.2, 0) is 0 Å². The molecule has 0 aliphatic rings. The van der Waals surface area contributed by atoms with E-state index in [-0.39, 0.29) is 5.56 Å². The summed E-state index contributed by atoms with van der Waals surface area (Å²) in [6, 6.07) is 19.6. The van der Waals surface area contributed by atoms with Crippen LogP contribution in [0.5, 0.6) is 0 Å². The van der Waals surface area contributed by atoms with E-state index in [2.05, 4.69) is 37.9 Å². The van der Waals surface area contributed by atoms with Crippen molar-refractivity contribution >= 4 is 92.0 Å². The number of halogens is 2. The Balaban J connectivity index is 1.91. The number of nitrogens with zero attached hydrogens (tertiary/aromatic N) is 2. The summed E-state index contributed by atoms with van der Waals surface area (Å²) < 4.78 is 9.70. The molecular formula is C24H10Br2N2O2. The van der Waals surface area contributed by atoms with Crippen LogP contribution in [0.3, 0.4) is 0 Å². The van der Waals surface area contributed by atoms with Gasteiger partial charge < -0.3 is 4.42 Å². The third kappa shape index (κ3) is 1.91. The lowest BCUT2D eigenvalue weighted by molar-refractivity contribution is 0.660. The molecule has 3 aromatic heterocycles. The van der Waals surface area contributed by atoms with E-state index in [0.29, 0.717) is 11.0 Å². The minimum atomic E-state index is -0.0782. The maximum atomic E-state index is 13.6. The molecule has 0 N–H and O–H groups in total. The number of para-hydroxylation sites is 3. The molecule has 142 valence electrons. The van der Waals surface area contributed by atoms with Crippen molar-refractivity contribution in [2.45, 2.75) is 0 Å². The molecule has 0 atom stereocenters. The van der Waals surface area contributed by atoms with Gasteiger partial charge in [0.15, 0.2) is 0 Å². The van der Waals surface area contributed by atoms with Crippen LogP contribution in [0.1, 0.15) is 0 Å². The van der Waals surface area contributed by atoms with Gasteiger partial charge in [-0.2, -0.15) is 0 Å². The van der Waals surface area contributed by atoms with Crippen molar-refractivity contribution in [1.29, 1.82) is 0 Å². The summed E-state index contributed by atoms with van der Waals surface area (Å²) in [4.78, 5) is 18.4. The molecule has 4 aromatic carbocycles. The summed E-state index contributed by atoms with van der Waals surface area (Å²) in [5, 5.41) is 5.40. The SMILES string of the molecule is O=c1c2cc(Br)c3oc4ccccc4c4c(Br)cc(c2c34)c2nc3ccccc3n12. The fraction of sp³-hybridized carbons (Fsp3) is 0. The number of imidazole rings is 1. The van der Waals surface area contributed by atoms with E-state index in [4.69, 9.17) is 9.40 Å². The van der Waals surface area contributed by atoms with E-state index in [9.17, 15) is 4.79 Å². The fourth-order valence-electron chi connectivity index (χ4n) is 4.65. The van der Waals surface area contributed by atoms with Gasteiger partial charge in [-0.15, -0.1) is 0 Å². The van der Waals surface area contributed by atoms with E-state index in [1.54, 1.807) is 4.40 Å². The second kappa shape index (κ2) is 5.59. The molecule has 0 spiro atoms. The van der Waals surface area contributed by atoms with Gasteiger partial charge in [-0.05, 0) is 46.3 Å². The number of fused-ring (bicyclic) bond motifs is 6. The van der Waals surface area contributed by atoms with Crippen molar-refractivity contribution in [3.8, 4) is 0 Å². The Labute approximate surface area is 185 Å². The van der Waals surface area contributed by atoms with E-state index in [0.717, 1.165) is 58.1 Å². The highest BCUT2D eigenvalue weighted by Gasteiger charge is 2.23. The quantitative estimate of drug-likeness (QED) is 0.160. The molecular weight excluding hydrogens is 508 g/mol. The van der Waals surface area contributed by atoms with Crippen molar-refractivity contribution in [2.75, 3.05) is 0 Å². The number of hydrogen-bond acceptors (Lipinski definition) is 3. The van der Waals surface area contributed by atoms with Crippen molar-refractivity contribution < 1.29 is 4.42 Å². The highest BCUT2D eigenvalue weighted by Crippen LogP contribution is 2.45. The zero-order chi connectivity index (χ0) is 20.1. The molecule has 7 aromatic rings. The second-order valence-electron chi connectivity index (χ2n) is 7.43. The van der Waals surface area contributed by atoms with Gasteiger partial charge in [0.25, 0.3) is 5.56 Å². The van der Waals surface area contributed by atoms with Crippen molar-refractivity contribution in [3.63, 3.8) is 0 Å². The number of benzene rings is 4. The third-order valence-electron chi connectivity index (χ3n) is 5.87. The van der Waals surface area contributed by atoms with Crippen LogP contribution >= 0.6 is 31.9 Å². The van der Waals surface area contributed by atoms with Crippen LogP contribution in [0.15, 0.2) is 78.8 Å². The van der Waals surface area contributed by atoms with E-state index in [1.165, 1.54) is 0 Å². The Bertz CT molecular complexity index is 1900. The first-order valence-electron chi connectivity index (χ1n) is 9.42. The van der Waals surface area contributed by atoms with Gasteiger partial charge in [0.2, 0.25) is 0 Å². The van der Waals surface area contributed by atoms with Gasteiger partial charge in [0, 0.05) is 31.4 Å². The Morgan fingerprint density at radius 2 is 1.57 bits per heavy atom. The molecule has 0 amide bonds. The highest BCUT2D eigenvalue weighted by molar-refractivity contribution is 9.11. The molecule has 0 bridgehead atoms. The smallest absolute Gasteiger partial charge is 0.264 e. The average Bonchev–Trinajstić information content (AvgIpc) is 3.15. The van der Waals surface area contributed by atoms with Crippen molar-refractivity contribution in [3.05, 3.63) is 80.0 Å². The highest BCUT2D eigenvalue weighted by atomic mass is 79.9. The Kier molecular flexibility index (Phi) is 3.13. The van der Waals surface area contributed by atoms with Crippen LogP contribution < -0.4 is 5.56 Å². The standard InChI is InChI=1S/C24H10Br2N2O2/c25-14-9-12-19-13(24(29)28-17-7-3-2-6-16(17)27-23(12)28)10-15(26)22-21(19)20(14)11-5-1-4-8-18(11)30-22/h1-10H. The first-order valence-corrected chi connectivity index (χ1v) is 11.0. The summed E-state index contributed by atoms with van der Waals surface area (Å²) in [5.74, 6) is 0. The normalized spacial score (nSPS) is 12.5. The molecule has 0 aliphatic heterocycles. The second-order valence-corrected chi connectivity index (χ2v) is 9.14. The average molecular weight is 518 g/mol. The van der Waals surface area contributed by atoms with E-state index in [1.807, 2.05) is 54.6 Å². The van der Waals surface area contributed by atoms with Crippen LogP contribution in [-0.4, -0.2) is 9.38 Å². The van der Waals surface area contributed by atoms with E-state index < -0.39 is 0 Å². The third-order valence-corrected chi connectivity index (χ3v) is 7.08. The predicted octanol–water partition coefficient (Wildman–Crippen LogP) is 7.02. The number of aromatic nitrogens is 2. The summed E-state index contributed by atoms with van der Waals surface area (Å²) >= 11 is 7.45. The van der Waals surface area contributed by atoms with Crippen molar-refractivity contribution in [1.82, 2.24) is 9.38 Å². The monoisotopic (exact) mass is 516 g/mol. The Hall–Kier alpha value is -2.96. The molecule has 0 radical (unpaired) electrons. The minimum Gasteiger partial charge on any atom is -0.455 e. The molecule has 3 heterocycles. The molecule has 0 saturated heterocycles. The van der Waals surface area contributed by atoms with Gasteiger partial charge in [-0.1, -0.05) is 46.3 Å². The first-order chi connectivity index (χ1) is 14.6. The maximum Gasteiger partial charge on any atom is 0.264 e. The lowest BCUT2D eigenvalue weighted by atomic mass is 9.96. The largest absolute Gasteiger partial charge is 0.455 e. The van der Waals surface area contributed by atoms with Gasteiger partial charge in [-0.3, -0.25) is 9.20 Å². The molecule has 4 nitrogen and oxygen atoms in total. The van der Waals surface area contributed by atoms with Gasteiger partial charge >= 0.3 is 0 Å². The van der Waals surface area contributed by atoms with Gasteiger partial charge in [-0.25, -0.2) is 4.98 Å². The molecule has 0 saturated carbocycles. The van der Waals surface area contributed by atoms with Crippen LogP contribution in [0.25, 0.3) is 60.2 Å². The van der Waals surface area contributed by atoms with Crippen LogP contribution in [0.2, 0.25) is 0 Å². The summed E-state index contributed by atoms with van der Waals surface area (Å²) in [6.45, 7) is 0. The van der Waals surface area contributed by atoms with Crippen LogP contribution in [0, 0.1) is 0 Å². The summed E-state index contributed by atoms with van der Waals surface area (Å²) in [7, 11) is 0. The minimum absolute atomic E-state index is 0.0782. The molecule has 6 heteroatoms. The number of hydrogen-bond donors (Lipinski definition) is 0. The van der Waals surface area contributed by atoms with Gasteiger partial charge in [0.05, 0.1) is 20.9 Å². The number of rotatable bonds is 0. The summed E-state index contributed by atoms with van der Waals surface area (Å²) in [5.41, 5.74) is 3.71. The molecule has 0 fully saturated rings. The predicted molar refractivity (Wildman–Crippen MR) is 128 cm³/mol. The Morgan fingerprint density at radius 1 is 0.800 bits per heavy atom. The molecule has 30 heavy (non-hydrogen) atoms. The Morgan fingerprint density at radius 3 is 2.47 bits per heavy atom. The zero-order valence-corrected chi connectivity index (χ0v) is 18.4. The zero-order valence-electron chi connectivity index (χ0n) is 15.2. The summed E-state index contributed by atoms with van der Waals surface area (Å²) in [6.07, 6.45) is 0. The number of pyridine rings is 1. The fourth-order valence-corrected chi connectivity index (χ4v) is 5.80. The topological polar surface area (TPSA) is 47.5 Å². The van der Waals surface area contributed by atoms with Crippen molar-refractivity contribution in [2.24, 2.45) is 0 Å². The van der Waals surface area contributed by atoms with Gasteiger partial charge in [0.1, 0.15) is 16.8 Å². The molecule has 0 aliphatic carbocycles. The van der Waals surface area contributed by atoms with Crippen LogP contribution in [0.4, 0.5) is 0 Å².